The molecule has 2 aliphatic rings. The first-order valence-electron chi connectivity index (χ1n) is 12.4. The van der Waals surface area contributed by atoms with Crippen molar-refractivity contribution in [3.05, 3.63) is 35.9 Å². The summed E-state index contributed by atoms with van der Waals surface area (Å²) in [7, 11) is 0. The highest BCUT2D eigenvalue weighted by atomic mass is 16.2. The zero-order valence-corrected chi connectivity index (χ0v) is 20.1. The molecule has 3 N–H and O–H groups in total. The van der Waals surface area contributed by atoms with Crippen molar-refractivity contribution in [1.82, 2.24) is 15.1 Å². The molecule has 1 aliphatic heterocycles. The van der Waals surface area contributed by atoms with Crippen LogP contribution in [0.3, 0.4) is 0 Å². The minimum atomic E-state index is -0.378. The van der Waals surface area contributed by atoms with E-state index in [1.807, 2.05) is 6.07 Å². The molecule has 1 saturated carbocycles. The number of carbonyl (C=O) groups is 2. The van der Waals surface area contributed by atoms with Crippen molar-refractivity contribution < 1.29 is 9.59 Å². The van der Waals surface area contributed by atoms with E-state index in [2.05, 4.69) is 48.3 Å². The van der Waals surface area contributed by atoms with Crippen molar-refractivity contribution >= 4 is 11.8 Å². The largest absolute Gasteiger partial charge is 0.354 e. The number of hydrogen-bond acceptors (Lipinski definition) is 4. The molecule has 1 aromatic carbocycles. The zero-order chi connectivity index (χ0) is 23.1. The Hall–Kier alpha value is -1.92. The summed E-state index contributed by atoms with van der Waals surface area (Å²) < 4.78 is 0. The number of rotatable bonds is 9. The van der Waals surface area contributed by atoms with Crippen LogP contribution in [0.15, 0.2) is 30.3 Å². The van der Waals surface area contributed by atoms with E-state index in [0.717, 1.165) is 32.5 Å². The maximum atomic E-state index is 13.2. The van der Waals surface area contributed by atoms with Gasteiger partial charge in [-0.15, -0.1) is 0 Å². The molecule has 178 valence electrons. The monoisotopic (exact) mass is 442 g/mol. The fourth-order valence-corrected chi connectivity index (χ4v) is 5.47. The molecular weight excluding hydrogens is 400 g/mol. The lowest BCUT2D eigenvalue weighted by Gasteiger charge is -2.30. The van der Waals surface area contributed by atoms with Crippen LogP contribution in [0.4, 0.5) is 0 Å². The maximum absolute atomic E-state index is 13.2. The maximum Gasteiger partial charge on any atom is 0.242 e. The predicted octanol–water partition coefficient (Wildman–Crippen LogP) is 3.02. The summed E-state index contributed by atoms with van der Waals surface area (Å²) in [5, 5.41) is 3.18. The SMILES string of the molecule is CC(=O)N1CC(N(Cc2ccccc2)CC(C)C)CC1C(=O)NCC1CCCC(CN)C1. The minimum absolute atomic E-state index is 0.00165. The molecule has 0 aromatic heterocycles. The van der Waals surface area contributed by atoms with Gasteiger partial charge in [-0.25, -0.2) is 0 Å². The summed E-state index contributed by atoms with van der Waals surface area (Å²) >= 11 is 0. The lowest BCUT2D eigenvalue weighted by Crippen LogP contribution is -2.46. The van der Waals surface area contributed by atoms with Gasteiger partial charge in [0.2, 0.25) is 11.8 Å². The standard InChI is InChI=1S/C26H42N4O2/c1-19(2)16-29(17-21-8-5-4-6-9-21)24-13-25(30(18-24)20(3)31)26(32)28-15-23-11-7-10-22(12-23)14-27/h4-6,8-9,19,22-25H,7,10-18,27H2,1-3H3,(H,28,32). The molecule has 1 saturated heterocycles. The Kier molecular flexibility index (Phi) is 9.11. The van der Waals surface area contributed by atoms with E-state index in [0.29, 0.717) is 37.3 Å². The van der Waals surface area contributed by atoms with E-state index in [-0.39, 0.29) is 23.9 Å². The van der Waals surface area contributed by atoms with Crippen molar-refractivity contribution in [2.75, 3.05) is 26.2 Å². The number of likely N-dealkylation sites (tertiary alicyclic amines) is 1. The smallest absolute Gasteiger partial charge is 0.242 e. The van der Waals surface area contributed by atoms with Gasteiger partial charge in [-0.05, 0) is 55.5 Å². The Bertz CT molecular complexity index is 739. The average molecular weight is 443 g/mol. The number of nitrogens with one attached hydrogen (secondary N) is 1. The fraction of sp³-hybridized carbons (Fsp3) is 0.692. The number of carbonyl (C=O) groups excluding carboxylic acids is 2. The summed E-state index contributed by atoms with van der Waals surface area (Å²) in [5.74, 6) is 1.58. The zero-order valence-electron chi connectivity index (χ0n) is 20.1. The lowest BCUT2D eigenvalue weighted by molar-refractivity contribution is -0.137. The van der Waals surface area contributed by atoms with E-state index in [1.54, 1.807) is 11.8 Å². The summed E-state index contributed by atoms with van der Waals surface area (Å²) in [6.07, 6.45) is 5.34. The van der Waals surface area contributed by atoms with Crippen LogP contribution < -0.4 is 11.1 Å². The van der Waals surface area contributed by atoms with Crippen LogP contribution >= 0.6 is 0 Å². The first-order chi connectivity index (χ1) is 15.4. The van der Waals surface area contributed by atoms with Gasteiger partial charge in [0.1, 0.15) is 6.04 Å². The van der Waals surface area contributed by atoms with Crippen molar-refractivity contribution in [2.24, 2.45) is 23.5 Å². The quantitative estimate of drug-likeness (QED) is 0.616. The van der Waals surface area contributed by atoms with Crippen LogP contribution in [0.25, 0.3) is 0 Å². The third-order valence-corrected chi connectivity index (χ3v) is 7.12. The van der Waals surface area contributed by atoms with E-state index in [4.69, 9.17) is 5.73 Å². The van der Waals surface area contributed by atoms with E-state index >= 15 is 0 Å². The molecule has 1 heterocycles. The minimum Gasteiger partial charge on any atom is -0.354 e. The average Bonchev–Trinajstić information content (AvgIpc) is 3.24. The number of nitrogens with zero attached hydrogens (tertiary/aromatic N) is 2. The first kappa shape index (κ1) is 24.7. The van der Waals surface area contributed by atoms with Gasteiger partial charge < -0.3 is 16.0 Å². The third kappa shape index (κ3) is 6.79. The van der Waals surface area contributed by atoms with Crippen molar-refractivity contribution in [3.8, 4) is 0 Å². The van der Waals surface area contributed by atoms with E-state index in [9.17, 15) is 9.59 Å². The van der Waals surface area contributed by atoms with Gasteiger partial charge >= 0.3 is 0 Å². The highest BCUT2D eigenvalue weighted by Gasteiger charge is 2.40. The topological polar surface area (TPSA) is 78.7 Å². The van der Waals surface area contributed by atoms with Gasteiger partial charge in [0.15, 0.2) is 0 Å². The van der Waals surface area contributed by atoms with Gasteiger partial charge in [0, 0.05) is 39.1 Å². The molecule has 1 aliphatic carbocycles. The molecule has 4 unspecified atom stereocenters. The Morgan fingerprint density at radius 3 is 2.53 bits per heavy atom. The molecule has 0 bridgehead atoms. The first-order valence-corrected chi connectivity index (χ1v) is 12.4. The van der Waals surface area contributed by atoms with Crippen LogP contribution in [0.2, 0.25) is 0 Å². The van der Waals surface area contributed by atoms with Gasteiger partial charge in [-0.3, -0.25) is 14.5 Å². The highest BCUT2D eigenvalue weighted by Crippen LogP contribution is 2.29. The molecule has 2 amide bonds. The van der Waals surface area contributed by atoms with Gasteiger partial charge in [0.25, 0.3) is 0 Å². The molecular formula is C26H42N4O2. The summed E-state index contributed by atoms with van der Waals surface area (Å²) in [6.45, 7) is 9.86. The normalized spacial score (nSPS) is 26.0. The predicted molar refractivity (Wildman–Crippen MR) is 129 cm³/mol. The van der Waals surface area contributed by atoms with Crippen molar-refractivity contribution in [2.45, 2.75) is 71.5 Å². The molecule has 3 rings (SSSR count). The van der Waals surface area contributed by atoms with Crippen LogP contribution in [-0.2, 0) is 16.1 Å². The second-order valence-corrected chi connectivity index (χ2v) is 10.3. The number of hydrogen-bond donors (Lipinski definition) is 2. The van der Waals surface area contributed by atoms with Gasteiger partial charge in [-0.2, -0.15) is 0 Å². The third-order valence-electron chi connectivity index (χ3n) is 7.12. The summed E-state index contributed by atoms with van der Waals surface area (Å²) in [4.78, 5) is 29.8. The van der Waals surface area contributed by atoms with Crippen molar-refractivity contribution in [1.29, 1.82) is 0 Å². The molecule has 4 atom stereocenters. The Morgan fingerprint density at radius 1 is 1.16 bits per heavy atom. The Balaban J connectivity index is 1.64. The summed E-state index contributed by atoms with van der Waals surface area (Å²) in [5.41, 5.74) is 7.14. The molecule has 6 nitrogen and oxygen atoms in total. The highest BCUT2D eigenvalue weighted by molar-refractivity contribution is 5.87. The second-order valence-electron chi connectivity index (χ2n) is 10.3. The lowest BCUT2D eigenvalue weighted by atomic mass is 9.81. The number of benzene rings is 1. The Labute approximate surface area is 193 Å². The molecule has 32 heavy (non-hydrogen) atoms. The van der Waals surface area contributed by atoms with E-state index in [1.165, 1.54) is 18.4 Å². The summed E-state index contributed by atoms with van der Waals surface area (Å²) in [6, 6.07) is 10.3. The van der Waals surface area contributed by atoms with Crippen LogP contribution in [0.5, 0.6) is 0 Å². The van der Waals surface area contributed by atoms with Crippen LogP contribution in [0.1, 0.15) is 58.4 Å². The number of nitrogens with two attached hydrogens (primary N) is 1. The van der Waals surface area contributed by atoms with Gasteiger partial charge in [0.05, 0.1) is 0 Å². The van der Waals surface area contributed by atoms with Crippen LogP contribution in [-0.4, -0.2) is 59.9 Å². The van der Waals surface area contributed by atoms with Crippen molar-refractivity contribution in [3.63, 3.8) is 0 Å². The van der Waals surface area contributed by atoms with E-state index < -0.39 is 0 Å². The fourth-order valence-electron chi connectivity index (χ4n) is 5.47. The Morgan fingerprint density at radius 2 is 1.88 bits per heavy atom. The molecule has 6 heteroatoms. The van der Waals surface area contributed by atoms with Crippen LogP contribution in [0, 0.1) is 17.8 Å². The molecule has 0 spiro atoms. The molecule has 1 aromatic rings. The number of amides is 2. The molecule has 2 fully saturated rings. The van der Waals surface area contributed by atoms with Gasteiger partial charge in [-0.1, -0.05) is 50.6 Å². The second kappa shape index (κ2) is 11.8. The molecule has 0 radical (unpaired) electrons.